The van der Waals surface area contributed by atoms with Crippen LogP contribution >= 0.6 is 0 Å². The highest BCUT2D eigenvalue weighted by Gasteiger charge is 2.14. The Kier molecular flexibility index (Phi) is 4.71. The molecule has 0 aliphatic carbocycles. The normalized spacial score (nSPS) is 12.4. The number of hydrogen-bond acceptors (Lipinski definition) is 3. The average molecular weight is 255 g/mol. The summed E-state index contributed by atoms with van der Waals surface area (Å²) in [4.78, 5) is 2.30. The molecule has 96 valence electrons. The van der Waals surface area contributed by atoms with Gasteiger partial charge < -0.3 is 4.90 Å². The van der Waals surface area contributed by atoms with E-state index in [0.29, 0.717) is 17.4 Å². The van der Waals surface area contributed by atoms with Crippen LogP contribution in [0.15, 0.2) is 29.2 Å². The van der Waals surface area contributed by atoms with Gasteiger partial charge in [-0.2, -0.15) is 0 Å². The highest BCUT2D eigenvalue weighted by atomic mass is 32.2. The molecule has 17 heavy (non-hydrogen) atoms. The minimum absolute atomic E-state index is 0.168. The molecular formula is C13H21NO2S. The summed E-state index contributed by atoms with van der Waals surface area (Å²) < 4.78 is 24.0. The first kappa shape index (κ1) is 14.2. The van der Waals surface area contributed by atoms with Crippen molar-refractivity contribution < 1.29 is 8.42 Å². The lowest BCUT2D eigenvalue weighted by Crippen LogP contribution is -2.21. The third kappa shape index (κ3) is 4.13. The van der Waals surface area contributed by atoms with Gasteiger partial charge in [-0.25, -0.2) is 8.42 Å². The van der Waals surface area contributed by atoms with Crippen LogP contribution in [0.3, 0.4) is 0 Å². The van der Waals surface area contributed by atoms with E-state index in [1.165, 1.54) is 0 Å². The van der Waals surface area contributed by atoms with Crippen LogP contribution in [0.25, 0.3) is 0 Å². The van der Waals surface area contributed by atoms with Crippen molar-refractivity contribution in [1.82, 2.24) is 4.90 Å². The first-order valence-electron chi connectivity index (χ1n) is 5.80. The van der Waals surface area contributed by atoms with Gasteiger partial charge in [0, 0.05) is 6.54 Å². The van der Waals surface area contributed by atoms with E-state index in [1.54, 1.807) is 12.1 Å². The zero-order valence-corrected chi connectivity index (χ0v) is 11.8. The SMILES string of the molecule is CC(C)c1ccc(S(=O)(=O)CCN(C)C)cc1. The topological polar surface area (TPSA) is 37.4 Å². The van der Waals surface area contributed by atoms with E-state index in [9.17, 15) is 8.42 Å². The minimum atomic E-state index is -3.14. The summed E-state index contributed by atoms with van der Waals surface area (Å²) >= 11 is 0. The van der Waals surface area contributed by atoms with Crippen molar-refractivity contribution in [2.24, 2.45) is 0 Å². The highest BCUT2D eigenvalue weighted by Crippen LogP contribution is 2.18. The van der Waals surface area contributed by atoms with Crippen LogP contribution in [0.4, 0.5) is 0 Å². The third-order valence-corrected chi connectivity index (χ3v) is 4.42. The molecule has 0 heterocycles. The number of nitrogens with zero attached hydrogens (tertiary/aromatic N) is 1. The molecule has 0 unspecified atom stereocenters. The Morgan fingerprint density at radius 1 is 1.12 bits per heavy atom. The van der Waals surface area contributed by atoms with Crippen molar-refractivity contribution in [2.75, 3.05) is 26.4 Å². The van der Waals surface area contributed by atoms with Gasteiger partial charge in [0.05, 0.1) is 10.6 Å². The van der Waals surface area contributed by atoms with Crippen LogP contribution in [0.5, 0.6) is 0 Å². The van der Waals surface area contributed by atoms with Gasteiger partial charge >= 0.3 is 0 Å². The van der Waals surface area contributed by atoms with Gasteiger partial charge in [-0.1, -0.05) is 26.0 Å². The number of benzene rings is 1. The molecule has 0 aliphatic rings. The van der Waals surface area contributed by atoms with E-state index < -0.39 is 9.84 Å². The maximum Gasteiger partial charge on any atom is 0.179 e. The molecule has 0 fully saturated rings. The minimum Gasteiger partial charge on any atom is -0.308 e. The molecule has 1 rings (SSSR count). The van der Waals surface area contributed by atoms with E-state index >= 15 is 0 Å². The second kappa shape index (κ2) is 5.65. The Labute approximate surface area is 104 Å². The summed E-state index contributed by atoms with van der Waals surface area (Å²) in [6.45, 7) is 4.74. The Morgan fingerprint density at radius 3 is 2.06 bits per heavy atom. The Morgan fingerprint density at radius 2 is 1.65 bits per heavy atom. The van der Waals surface area contributed by atoms with Gasteiger partial charge in [0.25, 0.3) is 0 Å². The fraction of sp³-hybridized carbons (Fsp3) is 0.538. The maximum atomic E-state index is 12.0. The van der Waals surface area contributed by atoms with Crippen LogP contribution in [0.1, 0.15) is 25.3 Å². The van der Waals surface area contributed by atoms with E-state index in [2.05, 4.69) is 13.8 Å². The predicted molar refractivity (Wildman–Crippen MR) is 71.1 cm³/mol. The zero-order chi connectivity index (χ0) is 13.1. The van der Waals surface area contributed by atoms with Gasteiger partial charge in [0.1, 0.15) is 0 Å². The molecule has 0 N–H and O–H groups in total. The standard InChI is InChI=1S/C13H21NO2S/c1-11(2)12-5-7-13(8-6-12)17(15,16)10-9-14(3)4/h5-8,11H,9-10H2,1-4H3. The molecule has 1 aromatic carbocycles. The monoisotopic (exact) mass is 255 g/mol. The van der Waals surface area contributed by atoms with Crippen LogP contribution in [-0.2, 0) is 9.84 Å². The quantitative estimate of drug-likeness (QED) is 0.809. The zero-order valence-electron chi connectivity index (χ0n) is 11.0. The van der Waals surface area contributed by atoms with Gasteiger partial charge in [0.15, 0.2) is 9.84 Å². The third-order valence-electron chi connectivity index (χ3n) is 2.71. The molecule has 0 radical (unpaired) electrons. The number of sulfone groups is 1. The predicted octanol–water partition coefficient (Wildman–Crippen LogP) is 2.15. The molecule has 3 nitrogen and oxygen atoms in total. The highest BCUT2D eigenvalue weighted by molar-refractivity contribution is 7.91. The van der Waals surface area contributed by atoms with Crippen molar-refractivity contribution in [2.45, 2.75) is 24.7 Å². The lowest BCUT2D eigenvalue weighted by atomic mass is 10.0. The average Bonchev–Trinajstić information content (AvgIpc) is 2.27. The lowest BCUT2D eigenvalue weighted by molar-refractivity contribution is 0.432. The van der Waals surface area contributed by atoms with Crippen molar-refractivity contribution in [3.63, 3.8) is 0 Å². The van der Waals surface area contributed by atoms with Gasteiger partial charge in [0.2, 0.25) is 0 Å². The molecule has 0 spiro atoms. The van der Waals surface area contributed by atoms with Crippen LogP contribution in [-0.4, -0.2) is 39.7 Å². The van der Waals surface area contributed by atoms with Crippen LogP contribution < -0.4 is 0 Å². The van der Waals surface area contributed by atoms with Crippen LogP contribution in [0.2, 0.25) is 0 Å². The molecule has 0 aliphatic heterocycles. The Bertz CT molecular complexity index is 447. The summed E-state index contributed by atoms with van der Waals surface area (Å²) in [7, 11) is 0.605. The Balaban J connectivity index is 2.85. The largest absolute Gasteiger partial charge is 0.308 e. The van der Waals surface area contributed by atoms with Crippen molar-refractivity contribution in [3.05, 3.63) is 29.8 Å². The molecule has 0 saturated carbocycles. The molecule has 0 atom stereocenters. The second-order valence-corrected chi connectivity index (χ2v) is 6.96. The fourth-order valence-corrected chi connectivity index (χ4v) is 2.87. The summed E-state index contributed by atoms with van der Waals surface area (Å²) in [6.07, 6.45) is 0. The van der Waals surface area contributed by atoms with Crippen molar-refractivity contribution >= 4 is 9.84 Å². The summed E-state index contributed by atoms with van der Waals surface area (Å²) in [5.74, 6) is 0.592. The summed E-state index contributed by atoms with van der Waals surface area (Å²) in [5.41, 5.74) is 1.16. The first-order chi connectivity index (χ1) is 7.83. The first-order valence-corrected chi connectivity index (χ1v) is 7.45. The van der Waals surface area contributed by atoms with Crippen molar-refractivity contribution in [1.29, 1.82) is 0 Å². The van der Waals surface area contributed by atoms with E-state index in [-0.39, 0.29) is 5.75 Å². The molecule has 4 heteroatoms. The molecule has 1 aromatic rings. The maximum absolute atomic E-state index is 12.0. The number of rotatable bonds is 5. The molecule has 0 amide bonds. The van der Waals surface area contributed by atoms with Crippen LogP contribution in [0, 0.1) is 0 Å². The van der Waals surface area contributed by atoms with Gasteiger partial charge in [-0.05, 0) is 37.7 Å². The van der Waals surface area contributed by atoms with E-state index in [4.69, 9.17) is 0 Å². The fourth-order valence-electron chi connectivity index (χ4n) is 1.48. The molecule has 0 bridgehead atoms. The van der Waals surface area contributed by atoms with Crippen molar-refractivity contribution in [3.8, 4) is 0 Å². The van der Waals surface area contributed by atoms with Gasteiger partial charge in [-0.15, -0.1) is 0 Å². The summed E-state index contributed by atoms with van der Waals surface area (Å²) in [6, 6.07) is 7.21. The Hall–Kier alpha value is -0.870. The van der Waals surface area contributed by atoms with Gasteiger partial charge in [-0.3, -0.25) is 0 Å². The number of hydrogen-bond donors (Lipinski definition) is 0. The van der Waals surface area contributed by atoms with E-state index in [0.717, 1.165) is 5.56 Å². The smallest absolute Gasteiger partial charge is 0.179 e. The molecular weight excluding hydrogens is 234 g/mol. The summed E-state index contributed by atoms with van der Waals surface area (Å²) in [5, 5.41) is 0. The molecule has 0 aromatic heterocycles. The van der Waals surface area contributed by atoms with E-state index in [1.807, 2.05) is 31.1 Å². The lowest BCUT2D eigenvalue weighted by Gasteiger charge is -2.11. The second-order valence-electron chi connectivity index (χ2n) is 4.85. The molecule has 0 saturated heterocycles.